The highest BCUT2D eigenvalue weighted by Crippen LogP contribution is 2.61. The largest absolute Gasteiger partial charge is 0.457 e. The van der Waals surface area contributed by atoms with Crippen LogP contribution in [0.15, 0.2) is 261 Å². The first-order chi connectivity index (χ1) is 52.9. The number of hydrogen-bond acceptors (Lipinski definition) is 2. The Balaban J connectivity index is 1.04. The monoisotopic (exact) mass is 1460 g/mol. The van der Waals surface area contributed by atoms with Crippen LogP contribution >= 0.6 is 0 Å². The third-order valence-corrected chi connectivity index (χ3v) is 25.5. The molecule has 0 radical (unpaired) electrons. The van der Waals surface area contributed by atoms with Crippen LogP contribution in [0, 0.1) is 0 Å². The summed E-state index contributed by atoms with van der Waals surface area (Å²) in [6.45, 7) is 49.3. The number of aromatic nitrogens is 1. The van der Waals surface area contributed by atoms with E-state index in [1.807, 2.05) is 0 Å². The van der Waals surface area contributed by atoms with Crippen LogP contribution in [0.4, 0.5) is 17.1 Å². The molecule has 14 aromatic rings. The smallest absolute Gasteiger partial charge is 0.247 e. The molecule has 0 N–H and O–H groups in total. The van der Waals surface area contributed by atoms with Crippen LogP contribution in [-0.4, -0.2) is 11.3 Å². The van der Waals surface area contributed by atoms with Crippen LogP contribution < -0.4 is 26.0 Å². The molecule has 1 spiro atoms. The summed E-state index contributed by atoms with van der Waals surface area (Å²) in [5.74, 6) is 1.65. The molecule has 0 fully saturated rings. The van der Waals surface area contributed by atoms with Crippen LogP contribution in [-0.2, 0) is 43.3 Å². The standard InChI is InChI=1S/C108H107BN2O/c1-101(2,3)70-41-46-78-82(58-70)83-59-71(102(4,5)6)42-47-79(83)98(78)67-40-48-91-94(55-67)111(100-80(65-32-24-22-25-33-65)62-76(107(19,20)21)63-81(100)66-34-26-23-27-35-66)95-56-69(68-52-74(105(13,14)15)57-75(53-68)106(16,17)18)54-89-99(95)109(91)90-49-45-77(64-88(90)108(89)86-36-28-30-38-96(86)112-97-39-31-29-37-87(97)108)110-92-50-43-72(103(7,8)9)60-84(92)85-61-73(104(10,11)12)44-51-93(85)110/h22-64,98H,1-21H3. The minimum atomic E-state index is -0.960. The molecule has 0 saturated carbocycles. The first-order valence-corrected chi connectivity index (χ1v) is 40.9. The summed E-state index contributed by atoms with van der Waals surface area (Å²) in [4.78, 5) is 2.80. The predicted octanol–water partition coefficient (Wildman–Crippen LogP) is 27.1. The highest BCUT2D eigenvalue weighted by atomic mass is 16.5. The lowest BCUT2D eigenvalue weighted by atomic mass is 9.29. The van der Waals surface area contributed by atoms with Crippen LogP contribution in [0.1, 0.15) is 229 Å². The number of rotatable bonds is 6. The highest BCUT2D eigenvalue weighted by molar-refractivity contribution is 6.99. The van der Waals surface area contributed by atoms with Gasteiger partial charge in [0.2, 0.25) is 6.71 Å². The highest BCUT2D eigenvalue weighted by Gasteiger charge is 2.56. The molecule has 1 aromatic heterocycles. The van der Waals surface area contributed by atoms with Crippen molar-refractivity contribution in [1.29, 1.82) is 0 Å². The van der Waals surface area contributed by atoms with Gasteiger partial charge in [-0.2, -0.15) is 0 Å². The first kappa shape index (κ1) is 72.8. The molecule has 4 heterocycles. The lowest BCUT2D eigenvalue weighted by Gasteiger charge is -2.51. The van der Waals surface area contributed by atoms with Crippen molar-refractivity contribution in [3.63, 3.8) is 0 Å². The number of nitrogens with zero attached hydrogens (tertiary/aromatic N) is 2. The van der Waals surface area contributed by atoms with Gasteiger partial charge in [0.15, 0.2) is 0 Å². The maximum absolute atomic E-state index is 7.41. The van der Waals surface area contributed by atoms with E-state index in [2.05, 4.69) is 416 Å². The molecule has 0 atom stereocenters. The van der Waals surface area contributed by atoms with Crippen molar-refractivity contribution in [2.45, 2.75) is 195 Å². The van der Waals surface area contributed by atoms with E-state index in [1.165, 1.54) is 138 Å². The SMILES string of the molecule is CC(C)(C)c1cc(-c2cc3c4c(c2)C2(c5ccccc5Oc5ccccc52)c2cc(-n5c6ccc(C(C)(C)C)cc6c6cc(C(C)(C)C)ccc65)ccc2B4c2ccc(C4c5ccc(C(C)(C)C)cc5-c5cc(C(C)(C)C)ccc54)cc2N3c2c(-c3ccccc3)cc(C(C)(C)C)cc2-c2ccccc2)cc(C(C)(C)C)c1. The summed E-state index contributed by atoms with van der Waals surface area (Å²) in [5.41, 5.74) is 36.7. The molecular weight excluding hydrogens is 1350 g/mol. The minimum Gasteiger partial charge on any atom is -0.457 e. The second kappa shape index (κ2) is 25.2. The van der Waals surface area contributed by atoms with Gasteiger partial charge in [0, 0.05) is 56.0 Å². The van der Waals surface area contributed by atoms with E-state index >= 15 is 0 Å². The maximum atomic E-state index is 7.41. The minimum absolute atomic E-state index is 0.0512. The lowest BCUT2D eigenvalue weighted by molar-refractivity contribution is 0.435. The fraction of sp³-hybridized carbons (Fsp3) is 0.278. The number of anilines is 3. The second-order valence-corrected chi connectivity index (χ2v) is 40.2. The van der Waals surface area contributed by atoms with Crippen molar-refractivity contribution in [3.05, 3.63) is 339 Å². The number of para-hydroxylation sites is 2. The molecule has 0 unspecified atom stereocenters. The number of benzene rings is 13. The molecule has 4 heteroatoms. The topological polar surface area (TPSA) is 17.4 Å². The molecule has 0 saturated heterocycles. The molecule has 0 bridgehead atoms. The Hall–Kier alpha value is -10.7. The van der Waals surface area contributed by atoms with E-state index in [-0.39, 0.29) is 50.5 Å². The van der Waals surface area contributed by atoms with E-state index in [0.29, 0.717) is 0 Å². The zero-order chi connectivity index (χ0) is 78.6. The van der Waals surface area contributed by atoms with Crippen molar-refractivity contribution >= 4 is 62.0 Å². The van der Waals surface area contributed by atoms with Crippen molar-refractivity contribution in [1.82, 2.24) is 4.57 Å². The number of hydrogen-bond donors (Lipinski definition) is 0. The lowest BCUT2D eigenvalue weighted by Crippen LogP contribution is -2.65. The van der Waals surface area contributed by atoms with Crippen molar-refractivity contribution in [2.24, 2.45) is 0 Å². The van der Waals surface area contributed by atoms with Crippen LogP contribution in [0.5, 0.6) is 11.5 Å². The molecule has 18 rings (SSSR count). The molecule has 558 valence electrons. The van der Waals surface area contributed by atoms with Crippen LogP contribution in [0.25, 0.3) is 72.0 Å². The van der Waals surface area contributed by atoms with Gasteiger partial charge in [0.25, 0.3) is 0 Å². The average Bonchev–Trinajstić information content (AvgIpc) is 0.697. The molecule has 3 aliphatic heterocycles. The van der Waals surface area contributed by atoms with Gasteiger partial charge in [-0.25, -0.2) is 0 Å². The van der Waals surface area contributed by atoms with Gasteiger partial charge in [-0.15, -0.1) is 0 Å². The summed E-state index contributed by atoms with van der Waals surface area (Å²) >= 11 is 0. The summed E-state index contributed by atoms with van der Waals surface area (Å²) in [6.07, 6.45) is 0. The van der Waals surface area contributed by atoms with Gasteiger partial charge in [0.1, 0.15) is 11.5 Å². The van der Waals surface area contributed by atoms with Gasteiger partial charge in [0.05, 0.1) is 22.1 Å². The Morgan fingerprint density at radius 1 is 0.304 bits per heavy atom. The van der Waals surface area contributed by atoms with E-state index in [1.54, 1.807) is 0 Å². The van der Waals surface area contributed by atoms with Gasteiger partial charge in [-0.05, 0) is 228 Å². The van der Waals surface area contributed by atoms with E-state index < -0.39 is 5.41 Å². The molecule has 112 heavy (non-hydrogen) atoms. The predicted molar refractivity (Wildman–Crippen MR) is 479 cm³/mol. The average molecular weight is 1460 g/mol. The van der Waals surface area contributed by atoms with Crippen LogP contribution in [0.2, 0.25) is 0 Å². The Kier molecular flexibility index (Phi) is 16.4. The maximum Gasteiger partial charge on any atom is 0.247 e. The second-order valence-electron chi connectivity index (χ2n) is 40.2. The van der Waals surface area contributed by atoms with E-state index in [0.717, 1.165) is 56.4 Å². The van der Waals surface area contributed by atoms with Gasteiger partial charge in [-0.3, -0.25) is 0 Å². The van der Waals surface area contributed by atoms with E-state index in [9.17, 15) is 0 Å². The van der Waals surface area contributed by atoms with E-state index in [4.69, 9.17) is 4.74 Å². The van der Waals surface area contributed by atoms with Crippen molar-refractivity contribution in [3.8, 4) is 61.7 Å². The van der Waals surface area contributed by atoms with Crippen molar-refractivity contribution in [2.75, 3.05) is 4.90 Å². The zero-order valence-electron chi connectivity index (χ0n) is 69.8. The Morgan fingerprint density at radius 2 is 0.723 bits per heavy atom. The summed E-state index contributed by atoms with van der Waals surface area (Å²) < 4.78 is 9.99. The Labute approximate surface area is 666 Å². The molecule has 0 amide bonds. The molecule has 4 aliphatic rings. The van der Waals surface area contributed by atoms with Gasteiger partial charge < -0.3 is 14.2 Å². The van der Waals surface area contributed by atoms with Gasteiger partial charge >= 0.3 is 0 Å². The summed E-state index contributed by atoms with van der Waals surface area (Å²) in [7, 11) is 0. The first-order valence-electron chi connectivity index (χ1n) is 40.9. The molecule has 3 nitrogen and oxygen atoms in total. The normalized spacial score (nSPS) is 14.5. The summed E-state index contributed by atoms with van der Waals surface area (Å²) in [5, 5.41) is 2.53. The third kappa shape index (κ3) is 11.6. The van der Waals surface area contributed by atoms with Gasteiger partial charge in [-0.1, -0.05) is 333 Å². The molecule has 1 aliphatic carbocycles. The van der Waals surface area contributed by atoms with Crippen molar-refractivity contribution < 1.29 is 4.74 Å². The Bertz CT molecular complexity index is 5930. The molecular formula is C108H107BN2O. The third-order valence-electron chi connectivity index (χ3n) is 25.5. The fourth-order valence-corrected chi connectivity index (χ4v) is 19.0. The summed E-state index contributed by atoms with van der Waals surface area (Å²) in [6, 6.07) is 103. The fourth-order valence-electron chi connectivity index (χ4n) is 19.0. The number of ether oxygens (including phenoxy) is 1. The quantitative estimate of drug-likeness (QED) is 0.154. The van der Waals surface area contributed by atoms with Crippen LogP contribution in [0.3, 0.4) is 0 Å². The zero-order valence-corrected chi connectivity index (χ0v) is 69.8. The Morgan fingerprint density at radius 3 is 1.21 bits per heavy atom. The molecule has 13 aromatic carbocycles. The number of fused-ring (bicyclic) bond motifs is 16.